The molecule has 0 saturated carbocycles. The molecule has 1 saturated heterocycles. The highest BCUT2D eigenvalue weighted by molar-refractivity contribution is 7.98. The van der Waals surface area contributed by atoms with E-state index in [-0.39, 0.29) is 25.1 Å². The van der Waals surface area contributed by atoms with Gasteiger partial charge in [0.25, 0.3) is 0 Å². The Morgan fingerprint density at radius 1 is 1.00 bits per heavy atom. The number of hydrogen-bond donors (Lipinski definition) is 7. The molecule has 1 fully saturated rings. The Bertz CT molecular complexity index is 1120. The van der Waals surface area contributed by atoms with Crippen LogP contribution in [0.5, 0.6) is 5.75 Å². The molecule has 41 heavy (non-hydrogen) atoms. The van der Waals surface area contributed by atoms with E-state index in [1.54, 1.807) is 18.4 Å². The van der Waals surface area contributed by atoms with E-state index in [0.29, 0.717) is 24.2 Å². The molecule has 9 N–H and O–H groups in total. The van der Waals surface area contributed by atoms with E-state index in [1.807, 2.05) is 0 Å². The molecule has 5 amide bonds. The standard InChI is InChI=1S/C26H38N6O8S/c1-14(27)22(35)30-18(12-15-5-7-16(33)8-6-15)23(36)31-19(13-21(28)34)24(37)29-17(9-11-41-2)25(38)32-10-3-4-20(32)26(39)40/h5-8,14,17-20,33H,3-4,9-13,27H2,1-2H3,(H2,28,34)(H,29,37)(H,30,35)(H,31,36)(H,39,40)/t14-,17-,18-,19-,20-/m0/s1. The highest BCUT2D eigenvalue weighted by atomic mass is 32.2. The third-order valence-electron chi connectivity index (χ3n) is 6.51. The largest absolute Gasteiger partial charge is 0.508 e. The van der Waals surface area contributed by atoms with Gasteiger partial charge >= 0.3 is 5.97 Å². The van der Waals surface area contributed by atoms with Crippen LogP contribution in [-0.2, 0) is 35.2 Å². The number of benzene rings is 1. The molecular weight excluding hydrogens is 556 g/mol. The molecule has 15 heteroatoms. The molecule has 0 spiro atoms. The van der Waals surface area contributed by atoms with E-state index < -0.39 is 72.1 Å². The van der Waals surface area contributed by atoms with Crippen LogP contribution in [-0.4, -0.2) is 99.4 Å². The number of nitrogens with zero attached hydrogens (tertiary/aromatic N) is 1. The summed E-state index contributed by atoms with van der Waals surface area (Å²) in [5.41, 5.74) is 11.6. The highest BCUT2D eigenvalue weighted by Gasteiger charge is 2.38. The van der Waals surface area contributed by atoms with Crippen molar-refractivity contribution in [3.8, 4) is 5.75 Å². The van der Waals surface area contributed by atoms with Crippen molar-refractivity contribution in [1.29, 1.82) is 0 Å². The fourth-order valence-electron chi connectivity index (χ4n) is 4.32. The zero-order chi connectivity index (χ0) is 30.7. The average molecular weight is 595 g/mol. The first-order chi connectivity index (χ1) is 19.3. The van der Waals surface area contributed by atoms with Crippen molar-refractivity contribution in [2.45, 2.75) is 69.2 Å². The lowest BCUT2D eigenvalue weighted by Gasteiger charge is -2.29. The number of carboxylic acids is 1. The van der Waals surface area contributed by atoms with Crippen LogP contribution in [0.3, 0.4) is 0 Å². The Morgan fingerprint density at radius 2 is 1.59 bits per heavy atom. The normalized spacial score (nSPS) is 17.5. The zero-order valence-corrected chi connectivity index (χ0v) is 23.8. The first kappa shape index (κ1) is 33.4. The second kappa shape index (κ2) is 15.8. The Kier molecular flexibility index (Phi) is 12.9. The molecule has 0 aliphatic carbocycles. The summed E-state index contributed by atoms with van der Waals surface area (Å²) in [6, 6.07) is 0.142. The van der Waals surface area contributed by atoms with Crippen molar-refractivity contribution in [2.24, 2.45) is 11.5 Å². The van der Waals surface area contributed by atoms with Gasteiger partial charge in [0.15, 0.2) is 0 Å². The summed E-state index contributed by atoms with van der Waals surface area (Å²) in [5.74, 6) is -4.47. The number of rotatable bonds is 15. The van der Waals surface area contributed by atoms with Gasteiger partial charge in [-0.05, 0) is 55.9 Å². The van der Waals surface area contributed by atoms with Gasteiger partial charge in [-0.2, -0.15) is 11.8 Å². The van der Waals surface area contributed by atoms with Gasteiger partial charge < -0.3 is 42.5 Å². The molecule has 1 heterocycles. The summed E-state index contributed by atoms with van der Waals surface area (Å²) in [7, 11) is 0. The number of aliphatic carboxylic acids is 1. The number of carbonyl (C=O) groups is 6. The number of carbonyl (C=O) groups excluding carboxylic acids is 5. The number of likely N-dealkylation sites (tertiary alicyclic amines) is 1. The Morgan fingerprint density at radius 3 is 2.15 bits per heavy atom. The van der Waals surface area contributed by atoms with Gasteiger partial charge in [0.1, 0.15) is 29.9 Å². The monoisotopic (exact) mass is 594 g/mol. The van der Waals surface area contributed by atoms with Gasteiger partial charge in [-0.15, -0.1) is 0 Å². The number of phenols is 1. The number of aromatic hydroxyl groups is 1. The second-order valence-corrected chi connectivity index (χ2v) is 10.8. The van der Waals surface area contributed by atoms with Gasteiger partial charge in [-0.3, -0.25) is 24.0 Å². The summed E-state index contributed by atoms with van der Waals surface area (Å²) in [6.45, 7) is 1.65. The summed E-state index contributed by atoms with van der Waals surface area (Å²) in [4.78, 5) is 76.8. The lowest BCUT2D eigenvalue weighted by atomic mass is 10.0. The third kappa shape index (κ3) is 10.2. The minimum atomic E-state index is -1.49. The summed E-state index contributed by atoms with van der Waals surface area (Å²) >= 11 is 1.42. The van der Waals surface area contributed by atoms with E-state index in [1.165, 1.54) is 35.7 Å². The predicted molar refractivity (Wildman–Crippen MR) is 150 cm³/mol. The van der Waals surface area contributed by atoms with Crippen molar-refractivity contribution in [2.75, 3.05) is 18.6 Å². The maximum absolute atomic E-state index is 13.3. The number of thioether (sulfide) groups is 1. The fourth-order valence-corrected chi connectivity index (χ4v) is 4.79. The van der Waals surface area contributed by atoms with Gasteiger partial charge in [0, 0.05) is 13.0 Å². The molecule has 1 aliphatic heterocycles. The minimum Gasteiger partial charge on any atom is -0.508 e. The van der Waals surface area contributed by atoms with Crippen LogP contribution in [0.2, 0.25) is 0 Å². The molecule has 1 aliphatic rings. The van der Waals surface area contributed by atoms with Crippen LogP contribution in [0.1, 0.15) is 38.2 Å². The highest BCUT2D eigenvalue weighted by Crippen LogP contribution is 2.20. The predicted octanol–water partition coefficient (Wildman–Crippen LogP) is -1.56. The smallest absolute Gasteiger partial charge is 0.326 e. The molecule has 1 aromatic rings. The van der Waals surface area contributed by atoms with Crippen molar-refractivity contribution in [3.63, 3.8) is 0 Å². The number of hydrogen-bond acceptors (Lipinski definition) is 9. The number of primary amides is 1. The van der Waals surface area contributed by atoms with E-state index >= 15 is 0 Å². The van der Waals surface area contributed by atoms with E-state index in [2.05, 4.69) is 16.0 Å². The minimum absolute atomic E-state index is 0.00161. The Hall–Kier alpha value is -3.85. The Balaban J connectivity index is 2.25. The van der Waals surface area contributed by atoms with Crippen molar-refractivity contribution < 1.29 is 39.0 Å². The van der Waals surface area contributed by atoms with Crippen LogP contribution >= 0.6 is 11.8 Å². The lowest BCUT2D eigenvalue weighted by Crippen LogP contribution is -2.59. The van der Waals surface area contributed by atoms with Gasteiger partial charge in [0.05, 0.1) is 12.5 Å². The molecular formula is C26H38N6O8S. The first-order valence-electron chi connectivity index (χ1n) is 13.1. The number of nitrogens with two attached hydrogens (primary N) is 2. The van der Waals surface area contributed by atoms with E-state index in [0.717, 1.165) is 0 Å². The van der Waals surface area contributed by atoms with Crippen molar-refractivity contribution in [1.82, 2.24) is 20.9 Å². The molecule has 1 aromatic carbocycles. The van der Waals surface area contributed by atoms with Crippen molar-refractivity contribution in [3.05, 3.63) is 29.8 Å². The molecule has 0 radical (unpaired) electrons. The molecule has 226 valence electrons. The maximum atomic E-state index is 13.3. The maximum Gasteiger partial charge on any atom is 0.326 e. The van der Waals surface area contributed by atoms with E-state index in [9.17, 15) is 39.0 Å². The molecule has 5 atom stereocenters. The number of phenolic OH excluding ortho intramolecular Hbond substituents is 1. The van der Waals surface area contributed by atoms with E-state index in [4.69, 9.17) is 11.5 Å². The average Bonchev–Trinajstić information content (AvgIpc) is 3.41. The van der Waals surface area contributed by atoms with Crippen LogP contribution in [0.25, 0.3) is 0 Å². The third-order valence-corrected chi connectivity index (χ3v) is 7.15. The summed E-state index contributed by atoms with van der Waals surface area (Å²) in [6.07, 6.45) is 2.15. The molecule has 0 bridgehead atoms. The molecule has 0 unspecified atom stereocenters. The lowest BCUT2D eigenvalue weighted by molar-refractivity contribution is -0.149. The van der Waals surface area contributed by atoms with Crippen LogP contribution < -0.4 is 27.4 Å². The topological polar surface area (TPSA) is 234 Å². The fraction of sp³-hybridized carbons (Fsp3) is 0.538. The quantitative estimate of drug-likeness (QED) is 0.123. The van der Waals surface area contributed by atoms with Gasteiger partial charge in [-0.1, -0.05) is 12.1 Å². The summed E-state index contributed by atoms with van der Waals surface area (Å²) < 4.78 is 0. The number of amides is 5. The first-order valence-corrected chi connectivity index (χ1v) is 14.5. The zero-order valence-electron chi connectivity index (χ0n) is 23.0. The molecule has 2 rings (SSSR count). The molecule has 14 nitrogen and oxygen atoms in total. The summed E-state index contributed by atoms with van der Waals surface area (Å²) in [5, 5.41) is 26.5. The number of carboxylic acid groups (broad SMARTS) is 1. The SMILES string of the molecule is CSCC[C@H](NC(=O)[C@H](CC(N)=O)NC(=O)[C@H](Cc1ccc(O)cc1)NC(=O)[C@H](C)N)C(=O)N1CCC[C@H]1C(=O)O. The van der Waals surface area contributed by atoms with Crippen LogP contribution in [0.15, 0.2) is 24.3 Å². The van der Waals surface area contributed by atoms with Gasteiger partial charge in [0.2, 0.25) is 29.5 Å². The van der Waals surface area contributed by atoms with Crippen LogP contribution in [0.4, 0.5) is 0 Å². The van der Waals surface area contributed by atoms with Crippen molar-refractivity contribution >= 4 is 47.3 Å². The van der Waals surface area contributed by atoms with Gasteiger partial charge in [-0.25, -0.2) is 4.79 Å². The second-order valence-electron chi connectivity index (χ2n) is 9.82. The molecule has 0 aromatic heterocycles. The Labute approximate surface area is 241 Å². The number of nitrogens with one attached hydrogen (secondary N) is 3. The van der Waals surface area contributed by atoms with Crippen LogP contribution in [0, 0.1) is 0 Å².